The van der Waals surface area contributed by atoms with Gasteiger partial charge >= 0.3 is 11.9 Å². The highest BCUT2D eigenvalue weighted by Crippen LogP contribution is 2.38. The van der Waals surface area contributed by atoms with E-state index in [4.69, 9.17) is 0 Å². The Morgan fingerprint density at radius 3 is 1.46 bits per heavy atom. The van der Waals surface area contributed by atoms with Crippen LogP contribution in [0.2, 0.25) is 0 Å². The van der Waals surface area contributed by atoms with Crippen LogP contribution in [0, 0.1) is 0 Å². The van der Waals surface area contributed by atoms with E-state index in [2.05, 4.69) is 9.97 Å². The molecule has 0 aliphatic rings. The zero-order valence-corrected chi connectivity index (χ0v) is 14.7. The molecule has 2 aromatic carbocycles. The Balaban J connectivity index is 1.81. The number of thiazole rings is 2. The Morgan fingerprint density at radius 2 is 1.08 bits per heavy atom. The Morgan fingerprint density at radius 1 is 0.692 bits per heavy atom. The van der Waals surface area contributed by atoms with Crippen molar-refractivity contribution in [1.82, 2.24) is 9.97 Å². The zero-order valence-electron chi connectivity index (χ0n) is 13.0. The first kappa shape index (κ1) is 16.4. The van der Waals surface area contributed by atoms with Gasteiger partial charge in [-0.1, -0.05) is 59.1 Å². The summed E-state index contributed by atoms with van der Waals surface area (Å²) < 4.78 is 0. The second-order valence-electron chi connectivity index (χ2n) is 5.35. The van der Waals surface area contributed by atoms with Crippen molar-refractivity contribution in [2.75, 3.05) is 0 Å². The Bertz CT molecular complexity index is 1040. The quantitative estimate of drug-likeness (QED) is 0.540. The molecule has 0 bridgehead atoms. The molecule has 0 amide bonds. The van der Waals surface area contributed by atoms with Crippen molar-refractivity contribution in [3.63, 3.8) is 0 Å². The molecular weight excluding hydrogens is 372 g/mol. The molecule has 0 aliphatic heterocycles. The SMILES string of the molecule is O=C(O)c1ccccc1-c1nc2sc(-c3ccccc3C(=O)O)nc2s1. The number of carbonyl (C=O) groups is 2. The fourth-order valence-corrected chi connectivity index (χ4v) is 4.71. The van der Waals surface area contributed by atoms with Gasteiger partial charge in [0.25, 0.3) is 0 Å². The predicted octanol–water partition coefficient (Wildman–Crippen LogP) is 4.48. The molecule has 2 N–H and O–H groups in total. The molecule has 26 heavy (non-hydrogen) atoms. The number of hydrogen-bond donors (Lipinski definition) is 2. The molecule has 0 unspecified atom stereocenters. The van der Waals surface area contributed by atoms with Crippen molar-refractivity contribution in [3.8, 4) is 21.1 Å². The number of aromatic carboxylic acids is 2. The normalized spacial score (nSPS) is 10.9. The Labute approximate surface area is 155 Å². The first-order valence-corrected chi connectivity index (χ1v) is 9.10. The van der Waals surface area contributed by atoms with Crippen LogP contribution in [0.3, 0.4) is 0 Å². The maximum absolute atomic E-state index is 11.4. The van der Waals surface area contributed by atoms with Crippen LogP contribution in [0.1, 0.15) is 20.7 Å². The number of carboxylic acid groups (broad SMARTS) is 2. The van der Waals surface area contributed by atoms with Crippen molar-refractivity contribution >= 4 is 44.3 Å². The predicted molar refractivity (Wildman–Crippen MR) is 100 cm³/mol. The largest absolute Gasteiger partial charge is 0.478 e. The van der Waals surface area contributed by atoms with Crippen molar-refractivity contribution in [2.24, 2.45) is 0 Å². The summed E-state index contributed by atoms with van der Waals surface area (Å²) in [5.74, 6) is -2.02. The van der Waals surface area contributed by atoms with Gasteiger partial charge in [0.2, 0.25) is 0 Å². The molecular formula is C18H10N2O4S2. The summed E-state index contributed by atoms with van der Waals surface area (Å²) in [4.78, 5) is 33.1. The molecule has 2 aromatic heterocycles. The van der Waals surface area contributed by atoms with Gasteiger partial charge in [0.1, 0.15) is 10.0 Å². The lowest BCUT2D eigenvalue weighted by molar-refractivity contribution is 0.0687. The molecule has 2 heterocycles. The third-order valence-electron chi connectivity index (χ3n) is 3.75. The average molecular weight is 382 g/mol. The Hall–Kier alpha value is -3.10. The van der Waals surface area contributed by atoms with Gasteiger partial charge in [-0.05, 0) is 12.1 Å². The topological polar surface area (TPSA) is 100 Å². The highest BCUT2D eigenvalue weighted by atomic mass is 32.1. The van der Waals surface area contributed by atoms with E-state index in [0.29, 0.717) is 30.8 Å². The van der Waals surface area contributed by atoms with Gasteiger partial charge in [-0.3, -0.25) is 0 Å². The second-order valence-corrected chi connectivity index (χ2v) is 7.30. The van der Waals surface area contributed by atoms with Gasteiger partial charge in [-0.25, -0.2) is 19.6 Å². The summed E-state index contributed by atoms with van der Waals surface area (Å²) in [6.07, 6.45) is 0. The first-order valence-electron chi connectivity index (χ1n) is 7.47. The monoisotopic (exact) mass is 382 g/mol. The summed E-state index contributed by atoms with van der Waals surface area (Å²) in [5, 5.41) is 19.8. The van der Waals surface area contributed by atoms with Gasteiger partial charge in [0.05, 0.1) is 11.1 Å². The van der Waals surface area contributed by atoms with Crippen molar-refractivity contribution < 1.29 is 19.8 Å². The fourth-order valence-electron chi connectivity index (χ4n) is 2.58. The maximum atomic E-state index is 11.4. The minimum atomic E-state index is -1.01. The van der Waals surface area contributed by atoms with Crippen LogP contribution in [0.5, 0.6) is 0 Å². The molecule has 0 atom stereocenters. The zero-order chi connectivity index (χ0) is 18.3. The lowest BCUT2D eigenvalue weighted by Gasteiger charge is -2.02. The second kappa shape index (κ2) is 6.32. The number of carboxylic acids is 2. The van der Waals surface area contributed by atoms with E-state index >= 15 is 0 Å². The minimum Gasteiger partial charge on any atom is -0.478 e. The molecule has 0 fully saturated rings. The van der Waals surface area contributed by atoms with Crippen LogP contribution >= 0.6 is 22.7 Å². The molecule has 0 radical (unpaired) electrons. The highest BCUT2D eigenvalue weighted by Gasteiger charge is 2.19. The van der Waals surface area contributed by atoms with E-state index in [1.54, 1.807) is 36.4 Å². The van der Waals surface area contributed by atoms with Gasteiger partial charge in [0.15, 0.2) is 9.66 Å². The van der Waals surface area contributed by atoms with Crippen molar-refractivity contribution in [1.29, 1.82) is 0 Å². The molecule has 0 spiro atoms. The fraction of sp³-hybridized carbons (Fsp3) is 0. The van der Waals surface area contributed by atoms with E-state index in [9.17, 15) is 19.8 Å². The highest BCUT2D eigenvalue weighted by molar-refractivity contribution is 7.29. The molecule has 8 heteroatoms. The van der Waals surface area contributed by atoms with E-state index in [1.165, 1.54) is 34.8 Å². The summed E-state index contributed by atoms with van der Waals surface area (Å²) in [6, 6.07) is 13.4. The number of benzene rings is 2. The number of rotatable bonds is 4. The standard InChI is InChI=1S/C18H10N2O4S2/c21-17(22)11-7-3-1-5-9(11)13-19-15-16(25-13)20-14(26-15)10-6-2-4-8-12(10)18(23)24/h1-8H,(H,21,22)(H,23,24). The molecule has 6 nitrogen and oxygen atoms in total. The molecule has 4 aromatic rings. The van der Waals surface area contributed by atoms with E-state index < -0.39 is 11.9 Å². The van der Waals surface area contributed by atoms with Gasteiger partial charge < -0.3 is 10.2 Å². The van der Waals surface area contributed by atoms with Crippen LogP contribution in [-0.4, -0.2) is 32.1 Å². The third kappa shape index (κ3) is 2.75. The van der Waals surface area contributed by atoms with Crippen LogP contribution in [0.25, 0.3) is 30.8 Å². The summed E-state index contributed by atoms with van der Waals surface area (Å²) >= 11 is 2.58. The van der Waals surface area contributed by atoms with Crippen LogP contribution in [0.4, 0.5) is 0 Å². The smallest absolute Gasteiger partial charge is 0.336 e. The first-order chi connectivity index (χ1) is 12.5. The average Bonchev–Trinajstić information content (AvgIpc) is 3.20. The van der Waals surface area contributed by atoms with E-state index in [1.807, 2.05) is 0 Å². The van der Waals surface area contributed by atoms with Crippen LogP contribution in [-0.2, 0) is 0 Å². The van der Waals surface area contributed by atoms with Crippen LogP contribution < -0.4 is 0 Å². The van der Waals surface area contributed by atoms with Gasteiger partial charge in [-0.2, -0.15) is 0 Å². The van der Waals surface area contributed by atoms with Gasteiger partial charge in [-0.15, -0.1) is 0 Å². The van der Waals surface area contributed by atoms with E-state index in [-0.39, 0.29) is 11.1 Å². The molecule has 4 rings (SSSR count). The summed E-state index contributed by atoms with van der Waals surface area (Å²) in [5.41, 5.74) is 1.46. The lowest BCUT2D eigenvalue weighted by Crippen LogP contribution is -1.98. The number of aromatic nitrogens is 2. The third-order valence-corrected chi connectivity index (χ3v) is 5.85. The van der Waals surface area contributed by atoms with Gasteiger partial charge in [0, 0.05) is 11.1 Å². The van der Waals surface area contributed by atoms with Crippen molar-refractivity contribution in [3.05, 3.63) is 59.7 Å². The number of fused-ring (bicyclic) bond motifs is 1. The Kier molecular flexibility index (Phi) is 3.98. The molecule has 0 saturated carbocycles. The number of hydrogen-bond acceptors (Lipinski definition) is 6. The molecule has 0 saturated heterocycles. The van der Waals surface area contributed by atoms with Crippen LogP contribution in [0.15, 0.2) is 48.5 Å². The summed E-state index contributed by atoms with van der Waals surface area (Å²) in [7, 11) is 0. The molecule has 0 aliphatic carbocycles. The lowest BCUT2D eigenvalue weighted by atomic mass is 10.1. The minimum absolute atomic E-state index is 0.186. The summed E-state index contributed by atoms with van der Waals surface area (Å²) in [6.45, 7) is 0. The molecule has 128 valence electrons. The van der Waals surface area contributed by atoms with Crippen molar-refractivity contribution in [2.45, 2.75) is 0 Å². The maximum Gasteiger partial charge on any atom is 0.336 e. The van der Waals surface area contributed by atoms with E-state index in [0.717, 1.165) is 0 Å². The number of nitrogens with zero attached hydrogens (tertiary/aromatic N) is 2.